The molecule has 1 saturated heterocycles. The minimum Gasteiger partial charge on any atom is -0.394 e. The molecule has 4 N–H and O–H groups in total. The Morgan fingerprint density at radius 2 is 1.97 bits per heavy atom. The Bertz CT molecular complexity index is 942. The molecule has 0 unspecified atom stereocenters. The molecule has 1 amide bonds. The average molecular weight is 420 g/mol. The van der Waals surface area contributed by atoms with Crippen molar-refractivity contribution in [3.63, 3.8) is 0 Å². The van der Waals surface area contributed by atoms with Crippen LogP contribution in [0, 0.1) is 4.77 Å². The summed E-state index contributed by atoms with van der Waals surface area (Å²) in [4.78, 5) is 11.7. The molecule has 2 aromatic rings. The molecular formula is C19H24N4O5S. The Labute approximate surface area is 172 Å². The molecule has 2 fully saturated rings. The van der Waals surface area contributed by atoms with Crippen LogP contribution in [0.5, 0.6) is 0 Å². The first-order valence-electron chi connectivity index (χ1n) is 9.58. The van der Waals surface area contributed by atoms with Crippen molar-refractivity contribution in [3.8, 4) is 11.4 Å². The third-order valence-corrected chi connectivity index (χ3v) is 5.67. The first-order chi connectivity index (χ1) is 13.9. The van der Waals surface area contributed by atoms with Gasteiger partial charge in [-0.05, 0) is 25.1 Å². The van der Waals surface area contributed by atoms with Crippen LogP contribution in [0.3, 0.4) is 0 Å². The summed E-state index contributed by atoms with van der Waals surface area (Å²) < 4.78 is 9.66. The minimum atomic E-state index is -1.36. The standard InChI is InChI=1S/C19H24N4O5S/c1-10(25)20-14-16(27)15(26)13(9-24)28-18(14)23-19(29)22(12-7-8-12)17(21-23)11-5-3-2-4-6-11/h2-6,12-16,18,24,26-27H,7-9H2,1H3,(H,20,25)/t13-,14+,15+,16-,18-/m0/s1. The van der Waals surface area contributed by atoms with Gasteiger partial charge in [-0.15, -0.1) is 5.10 Å². The van der Waals surface area contributed by atoms with Crippen LogP contribution in [-0.4, -0.2) is 66.5 Å². The molecule has 1 saturated carbocycles. The predicted octanol–water partition coefficient (Wildman–Crippen LogP) is 0.532. The first-order valence-corrected chi connectivity index (χ1v) is 9.99. The Balaban J connectivity index is 1.81. The molecule has 4 rings (SSSR count). The van der Waals surface area contributed by atoms with Gasteiger partial charge in [-0.3, -0.25) is 9.36 Å². The molecule has 0 spiro atoms. The number of aliphatic hydroxyl groups is 3. The van der Waals surface area contributed by atoms with E-state index in [1.165, 1.54) is 11.6 Å². The second-order valence-electron chi connectivity index (χ2n) is 7.47. The molecule has 0 bridgehead atoms. The summed E-state index contributed by atoms with van der Waals surface area (Å²) in [5.41, 5.74) is 0.885. The van der Waals surface area contributed by atoms with Gasteiger partial charge in [0.2, 0.25) is 10.7 Å². The highest BCUT2D eigenvalue weighted by atomic mass is 32.1. The molecular weight excluding hydrogens is 396 g/mol. The third kappa shape index (κ3) is 3.74. The molecule has 5 atom stereocenters. The zero-order chi connectivity index (χ0) is 20.7. The van der Waals surface area contributed by atoms with Crippen molar-refractivity contribution in [2.45, 2.75) is 56.4 Å². The molecule has 10 heteroatoms. The Hall–Kier alpha value is -2.11. The molecule has 0 radical (unpaired) electrons. The number of hydrogen-bond donors (Lipinski definition) is 4. The molecule has 2 heterocycles. The van der Waals surface area contributed by atoms with Gasteiger partial charge in [0, 0.05) is 18.5 Å². The lowest BCUT2D eigenvalue weighted by atomic mass is 9.96. The molecule has 2 aliphatic rings. The Morgan fingerprint density at radius 3 is 2.55 bits per heavy atom. The topological polar surface area (TPSA) is 122 Å². The maximum absolute atomic E-state index is 11.7. The van der Waals surface area contributed by atoms with Gasteiger partial charge in [-0.2, -0.15) is 0 Å². The van der Waals surface area contributed by atoms with Gasteiger partial charge in [0.25, 0.3) is 0 Å². The average Bonchev–Trinajstić information content (AvgIpc) is 3.49. The number of benzene rings is 1. The smallest absolute Gasteiger partial charge is 0.217 e. The van der Waals surface area contributed by atoms with Gasteiger partial charge < -0.3 is 25.4 Å². The fraction of sp³-hybridized carbons (Fsp3) is 0.526. The number of aliphatic hydroxyl groups excluding tert-OH is 3. The Kier molecular flexibility index (Phi) is 5.54. The van der Waals surface area contributed by atoms with Gasteiger partial charge in [-0.25, -0.2) is 4.68 Å². The number of nitrogens with zero attached hydrogens (tertiary/aromatic N) is 3. The lowest BCUT2D eigenvalue weighted by molar-refractivity contribution is -0.219. The molecule has 156 valence electrons. The van der Waals surface area contributed by atoms with Crippen molar-refractivity contribution in [1.29, 1.82) is 0 Å². The van der Waals surface area contributed by atoms with Crippen LogP contribution in [0.2, 0.25) is 0 Å². The fourth-order valence-electron chi connectivity index (χ4n) is 3.70. The third-order valence-electron chi connectivity index (χ3n) is 5.29. The minimum absolute atomic E-state index is 0.235. The number of carbonyl (C=O) groups excluding carboxylic acids is 1. The first kappa shape index (κ1) is 20.2. The number of ether oxygens (including phenoxy) is 1. The van der Waals surface area contributed by atoms with Crippen LogP contribution in [0.15, 0.2) is 30.3 Å². The van der Waals surface area contributed by atoms with E-state index in [-0.39, 0.29) is 6.04 Å². The quantitative estimate of drug-likeness (QED) is 0.521. The van der Waals surface area contributed by atoms with E-state index in [4.69, 9.17) is 17.0 Å². The van der Waals surface area contributed by atoms with Crippen molar-refractivity contribution in [2.24, 2.45) is 0 Å². The van der Waals surface area contributed by atoms with Gasteiger partial charge >= 0.3 is 0 Å². The van der Waals surface area contributed by atoms with Gasteiger partial charge in [0.05, 0.1) is 6.61 Å². The van der Waals surface area contributed by atoms with Crippen LogP contribution in [0.1, 0.15) is 32.0 Å². The lowest BCUT2D eigenvalue weighted by Crippen LogP contribution is -2.62. The largest absolute Gasteiger partial charge is 0.394 e. The van der Waals surface area contributed by atoms with E-state index in [9.17, 15) is 20.1 Å². The van der Waals surface area contributed by atoms with Crippen LogP contribution < -0.4 is 5.32 Å². The van der Waals surface area contributed by atoms with Crippen LogP contribution >= 0.6 is 12.2 Å². The van der Waals surface area contributed by atoms with Crippen molar-refractivity contribution in [1.82, 2.24) is 19.7 Å². The fourth-order valence-corrected chi connectivity index (χ4v) is 4.08. The second-order valence-corrected chi connectivity index (χ2v) is 7.84. The highest BCUT2D eigenvalue weighted by molar-refractivity contribution is 7.71. The lowest BCUT2D eigenvalue weighted by Gasteiger charge is -2.42. The number of amides is 1. The van der Waals surface area contributed by atoms with E-state index in [2.05, 4.69) is 10.4 Å². The van der Waals surface area contributed by atoms with Gasteiger partial charge in [0.15, 0.2) is 12.1 Å². The van der Waals surface area contributed by atoms with Crippen molar-refractivity contribution < 1.29 is 24.9 Å². The van der Waals surface area contributed by atoms with Crippen LogP contribution in [0.25, 0.3) is 11.4 Å². The molecule has 1 aromatic heterocycles. The predicted molar refractivity (Wildman–Crippen MR) is 105 cm³/mol. The highest BCUT2D eigenvalue weighted by Crippen LogP contribution is 2.39. The van der Waals surface area contributed by atoms with E-state index in [0.29, 0.717) is 10.6 Å². The van der Waals surface area contributed by atoms with Crippen molar-refractivity contribution in [3.05, 3.63) is 35.1 Å². The molecule has 29 heavy (non-hydrogen) atoms. The van der Waals surface area contributed by atoms with E-state index in [1.807, 2.05) is 34.9 Å². The normalized spacial score (nSPS) is 29.6. The summed E-state index contributed by atoms with van der Waals surface area (Å²) in [7, 11) is 0. The molecule has 9 nitrogen and oxygen atoms in total. The summed E-state index contributed by atoms with van der Waals surface area (Å²) >= 11 is 5.68. The monoisotopic (exact) mass is 420 g/mol. The van der Waals surface area contributed by atoms with E-state index in [1.54, 1.807) is 0 Å². The maximum Gasteiger partial charge on any atom is 0.217 e. The van der Waals surface area contributed by atoms with Crippen LogP contribution in [0.4, 0.5) is 0 Å². The maximum atomic E-state index is 11.7. The number of carbonyl (C=O) groups is 1. The van der Waals surface area contributed by atoms with E-state index < -0.39 is 43.1 Å². The van der Waals surface area contributed by atoms with E-state index >= 15 is 0 Å². The van der Waals surface area contributed by atoms with Crippen LogP contribution in [-0.2, 0) is 9.53 Å². The summed E-state index contributed by atoms with van der Waals surface area (Å²) in [6, 6.07) is 8.85. The number of hydrogen-bond acceptors (Lipinski definition) is 7. The van der Waals surface area contributed by atoms with Crippen molar-refractivity contribution >= 4 is 18.1 Å². The molecule has 1 aromatic carbocycles. The SMILES string of the molecule is CC(=O)N[C@@H]1[C@H](O)[C@H](O)[C@H](CO)O[C@@H]1n1nc(-c2ccccc2)n(C2CC2)c1=S. The summed E-state index contributed by atoms with van der Waals surface area (Å²) in [5.74, 6) is 0.276. The van der Waals surface area contributed by atoms with Crippen molar-refractivity contribution in [2.75, 3.05) is 6.61 Å². The second kappa shape index (κ2) is 7.96. The number of nitrogens with one attached hydrogen (secondary N) is 1. The number of rotatable bonds is 5. The Morgan fingerprint density at radius 1 is 1.28 bits per heavy atom. The van der Waals surface area contributed by atoms with Gasteiger partial charge in [0.1, 0.15) is 24.4 Å². The molecule has 1 aliphatic heterocycles. The van der Waals surface area contributed by atoms with Gasteiger partial charge in [-0.1, -0.05) is 30.3 Å². The summed E-state index contributed by atoms with van der Waals surface area (Å²) in [6.07, 6.45) is -2.76. The van der Waals surface area contributed by atoms with E-state index in [0.717, 1.165) is 18.4 Å². The highest BCUT2D eigenvalue weighted by Gasteiger charge is 2.47. The zero-order valence-corrected chi connectivity index (χ0v) is 16.7. The number of aromatic nitrogens is 3. The summed E-state index contributed by atoms with van der Waals surface area (Å²) in [6.45, 7) is 0.815. The molecule has 1 aliphatic carbocycles. The summed E-state index contributed by atoms with van der Waals surface area (Å²) in [5, 5.41) is 37.7. The zero-order valence-electron chi connectivity index (χ0n) is 15.9.